The average Bonchev–Trinajstić information content (AvgIpc) is 2.70. The topological polar surface area (TPSA) is 45.2 Å². The van der Waals surface area contributed by atoms with E-state index in [1.807, 2.05) is 0 Å². The van der Waals surface area contributed by atoms with Crippen molar-refractivity contribution in [3.05, 3.63) is 64.3 Å². The number of pyridine rings is 1. The highest BCUT2D eigenvalue weighted by Crippen LogP contribution is 2.32. The van der Waals surface area contributed by atoms with E-state index in [0.717, 1.165) is 11.5 Å². The van der Waals surface area contributed by atoms with Gasteiger partial charge in [0, 0.05) is 40.7 Å². The maximum atomic E-state index is 14.4. The summed E-state index contributed by atoms with van der Waals surface area (Å²) < 4.78 is 29.0. The lowest BCUT2D eigenvalue weighted by Crippen LogP contribution is -2.38. The van der Waals surface area contributed by atoms with Crippen LogP contribution in [0.5, 0.6) is 0 Å². The normalized spacial score (nSPS) is 14.3. The van der Waals surface area contributed by atoms with E-state index >= 15 is 0 Å². The molecule has 0 radical (unpaired) electrons. The Labute approximate surface area is 173 Å². The molecule has 8 heteroatoms. The lowest BCUT2D eigenvalue weighted by molar-refractivity contribution is 0.0773. The van der Waals surface area contributed by atoms with Crippen LogP contribution in [-0.2, 0) is 0 Å². The predicted molar refractivity (Wildman–Crippen MR) is 112 cm³/mol. The Bertz CT molecular complexity index is 1060. The van der Waals surface area contributed by atoms with Gasteiger partial charge in [-0.3, -0.25) is 9.78 Å². The number of anilines is 2. The fraction of sp³-hybridized carbons (Fsp3) is 0.200. The Morgan fingerprint density at radius 3 is 2.68 bits per heavy atom. The molecule has 1 aromatic heterocycles. The molecule has 3 aromatic rings. The molecule has 0 unspecified atom stereocenters. The summed E-state index contributed by atoms with van der Waals surface area (Å²) in [5, 5.41) is 3.43. The van der Waals surface area contributed by atoms with Gasteiger partial charge >= 0.3 is 0 Å². The number of carbonyl (C=O) groups is 1. The van der Waals surface area contributed by atoms with Crippen molar-refractivity contribution in [1.29, 1.82) is 0 Å². The second kappa shape index (κ2) is 8.05. The third-order valence-electron chi connectivity index (χ3n) is 4.55. The van der Waals surface area contributed by atoms with E-state index in [2.05, 4.69) is 26.2 Å². The summed E-state index contributed by atoms with van der Waals surface area (Å²) in [4.78, 5) is 19.2. The molecular weight excluding hydrogens is 448 g/mol. The van der Waals surface area contributed by atoms with Crippen molar-refractivity contribution in [3.63, 3.8) is 0 Å². The molecule has 2 aromatic carbocycles. The van der Waals surface area contributed by atoms with Gasteiger partial charge in [-0.1, -0.05) is 15.9 Å². The number of amides is 1. The molecule has 1 aliphatic heterocycles. The summed E-state index contributed by atoms with van der Waals surface area (Å²) >= 11 is 5.03. The molecule has 4 rings (SSSR count). The summed E-state index contributed by atoms with van der Waals surface area (Å²) in [7, 11) is 0. The maximum absolute atomic E-state index is 14.4. The summed E-state index contributed by atoms with van der Waals surface area (Å²) in [5.74, 6) is 0.604. The average molecular weight is 464 g/mol. The van der Waals surface area contributed by atoms with E-state index in [0.29, 0.717) is 39.7 Å². The van der Waals surface area contributed by atoms with Crippen molar-refractivity contribution in [1.82, 2.24) is 9.88 Å². The van der Waals surface area contributed by atoms with Gasteiger partial charge in [0.25, 0.3) is 5.91 Å². The summed E-state index contributed by atoms with van der Waals surface area (Å²) in [5.41, 5.74) is 1.37. The number of thioether (sulfide) groups is 1. The third-order valence-corrected chi connectivity index (χ3v) is 5.99. The fourth-order valence-corrected chi connectivity index (χ4v) is 4.36. The van der Waals surface area contributed by atoms with E-state index in [1.54, 1.807) is 34.9 Å². The number of benzene rings is 2. The lowest BCUT2D eigenvalue weighted by Gasteiger charge is -2.27. The Kier molecular flexibility index (Phi) is 5.50. The van der Waals surface area contributed by atoms with Crippen LogP contribution in [0.1, 0.15) is 10.4 Å². The predicted octanol–water partition coefficient (Wildman–Crippen LogP) is 5.21. The minimum atomic E-state index is -0.483. The first kappa shape index (κ1) is 19.1. The Hall–Kier alpha value is -2.19. The molecule has 1 N–H and O–H groups in total. The first-order chi connectivity index (χ1) is 13.5. The van der Waals surface area contributed by atoms with Gasteiger partial charge in [0.05, 0.1) is 22.5 Å². The standard InChI is InChI=1S/C20H16BrF2N3OS/c21-12-1-3-18(16(23)9-12)25-19-14-10-13(22)2-4-17(14)24-11-15(19)20(27)26-5-7-28-8-6-26/h1-4,9-11H,5-8H2,(H,24,25). The molecule has 0 aliphatic carbocycles. The van der Waals surface area contributed by atoms with Gasteiger partial charge in [0.2, 0.25) is 0 Å². The van der Waals surface area contributed by atoms with Gasteiger partial charge in [0.1, 0.15) is 11.6 Å². The molecule has 0 saturated carbocycles. The van der Waals surface area contributed by atoms with Crippen molar-refractivity contribution < 1.29 is 13.6 Å². The van der Waals surface area contributed by atoms with Crippen LogP contribution >= 0.6 is 27.7 Å². The van der Waals surface area contributed by atoms with Crippen LogP contribution < -0.4 is 5.32 Å². The molecule has 0 atom stereocenters. The van der Waals surface area contributed by atoms with Crippen LogP contribution in [-0.4, -0.2) is 40.4 Å². The molecule has 0 spiro atoms. The van der Waals surface area contributed by atoms with E-state index in [4.69, 9.17) is 0 Å². The van der Waals surface area contributed by atoms with E-state index in [9.17, 15) is 13.6 Å². The zero-order valence-corrected chi connectivity index (χ0v) is 17.1. The number of nitrogens with one attached hydrogen (secondary N) is 1. The molecule has 144 valence electrons. The van der Waals surface area contributed by atoms with Crippen LogP contribution in [0.25, 0.3) is 10.9 Å². The number of rotatable bonds is 3. The Morgan fingerprint density at radius 2 is 1.93 bits per heavy atom. The van der Waals surface area contributed by atoms with Gasteiger partial charge in [-0.15, -0.1) is 0 Å². The molecule has 2 heterocycles. The number of hydrogen-bond acceptors (Lipinski definition) is 4. The van der Waals surface area contributed by atoms with Gasteiger partial charge in [0.15, 0.2) is 0 Å². The van der Waals surface area contributed by atoms with Crippen molar-refractivity contribution in [2.24, 2.45) is 0 Å². The van der Waals surface area contributed by atoms with Gasteiger partial charge in [-0.25, -0.2) is 8.78 Å². The van der Waals surface area contributed by atoms with Gasteiger partial charge < -0.3 is 10.2 Å². The van der Waals surface area contributed by atoms with Crippen molar-refractivity contribution in [2.75, 3.05) is 29.9 Å². The minimum absolute atomic E-state index is 0.195. The molecule has 4 nitrogen and oxygen atoms in total. The van der Waals surface area contributed by atoms with Gasteiger partial charge in [-0.2, -0.15) is 11.8 Å². The highest BCUT2D eigenvalue weighted by molar-refractivity contribution is 9.10. The lowest BCUT2D eigenvalue weighted by atomic mass is 10.1. The summed E-state index contributed by atoms with van der Waals surface area (Å²) in [6, 6.07) is 8.75. The summed E-state index contributed by atoms with van der Waals surface area (Å²) in [6.07, 6.45) is 1.48. The molecule has 0 bridgehead atoms. The zero-order valence-electron chi connectivity index (χ0n) is 14.7. The quantitative estimate of drug-likeness (QED) is 0.579. The highest BCUT2D eigenvalue weighted by Gasteiger charge is 2.23. The summed E-state index contributed by atoms with van der Waals surface area (Å²) in [6.45, 7) is 1.27. The molecule has 1 amide bonds. The molecule has 1 aliphatic rings. The van der Waals surface area contributed by atoms with Crippen molar-refractivity contribution >= 4 is 55.9 Å². The van der Waals surface area contributed by atoms with Crippen LogP contribution in [0.4, 0.5) is 20.2 Å². The number of fused-ring (bicyclic) bond motifs is 1. The van der Waals surface area contributed by atoms with Crippen molar-refractivity contribution in [2.45, 2.75) is 0 Å². The fourth-order valence-electron chi connectivity index (χ4n) is 3.12. The second-order valence-corrected chi connectivity index (χ2v) is 8.50. The number of hydrogen-bond donors (Lipinski definition) is 1. The largest absolute Gasteiger partial charge is 0.352 e. The number of nitrogens with zero attached hydrogens (tertiary/aromatic N) is 2. The molecule has 1 fully saturated rings. The first-order valence-corrected chi connectivity index (χ1v) is 10.6. The molecular formula is C20H16BrF2N3OS. The second-order valence-electron chi connectivity index (χ2n) is 6.36. The SMILES string of the molecule is O=C(c1cnc2ccc(F)cc2c1Nc1ccc(Br)cc1F)N1CCSCC1. The Morgan fingerprint density at radius 1 is 1.14 bits per heavy atom. The third kappa shape index (κ3) is 3.84. The highest BCUT2D eigenvalue weighted by atomic mass is 79.9. The number of halogens is 3. The first-order valence-electron chi connectivity index (χ1n) is 8.70. The van der Waals surface area contributed by atoms with Crippen LogP contribution in [0.3, 0.4) is 0 Å². The van der Waals surface area contributed by atoms with E-state index in [1.165, 1.54) is 24.4 Å². The van der Waals surface area contributed by atoms with Crippen molar-refractivity contribution in [3.8, 4) is 0 Å². The molecule has 28 heavy (non-hydrogen) atoms. The maximum Gasteiger partial charge on any atom is 0.257 e. The van der Waals surface area contributed by atoms with Crippen LogP contribution in [0.2, 0.25) is 0 Å². The zero-order chi connectivity index (χ0) is 19.7. The minimum Gasteiger partial charge on any atom is -0.352 e. The van der Waals surface area contributed by atoms with E-state index < -0.39 is 11.6 Å². The Balaban J connectivity index is 1.84. The number of aromatic nitrogens is 1. The smallest absolute Gasteiger partial charge is 0.257 e. The number of carbonyl (C=O) groups excluding carboxylic acids is 1. The van der Waals surface area contributed by atoms with Crippen LogP contribution in [0, 0.1) is 11.6 Å². The monoisotopic (exact) mass is 463 g/mol. The molecule has 1 saturated heterocycles. The van der Waals surface area contributed by atoms with Crippen LogP contribution in [0.15, 0.2) is 47.1 Å². The van der Waals surface area contributed by atoms with E-state index in [-0.39, 0.29) is 11.6 Å². The van der Waals surface area contributed by atoms with Gasteiger partial charge in [-0.05, 0) is 36.4 Å².